The van der Waals surface area contributed by atoms with Gasteiger partial charge in [0.2, 0.25) is 0 Å². The third-order valence-corrected chi connectivity index (χ3v) is 4.30. The van der Waals surface area contributed by atoms with Crippen molar-refractivity contribution in [3.63, 3.8) is 0 Å². The predicted molar refractivity (Wildman–Crippen MR) is 77.0 cm³/mol. The lowest BCUT2D eigenvalue weighted by molar-refractivity contribution is 0.339. The van der Waals surface area contributed by atoms with Crippen molar-refractivity contribution < 1.29 is 4.52 Å². The Morgan fingerprint density at radius 3 is 2.76 bits per heavy atom. The van der Waals surface area contributed by atoms with Crippen LogP contribution in [-0.2, 0) is 6.54 Å². The van der Waals surface area contributed by atoms with Gasteiger partial charge in [-0.2, -0.15) is 4.68 Å². The van der Waals surface area contributed by atoms with Crippen molar-refractivity contribution in [3.05, 3.63) is 17.1 Å². The van der Waals surface area contributed by atoms with Gasteiger partial charge in [-0.1, -0.05) is 24.4 Å². The van der Waals surface area contributed by atoms with Gasteiger partial charge in [0, 0.05) is 5.56 Å². The molecule has 0 atom stereocenters. The van der Waals surface area contributed by atoms with Gasteiger partial charge in [0.05, 0.1) is 12.2 Å². The van der Waals surface area contributed by atoms with E-state index in [1.807, 2.05) is 13.8 Å². The molecule has 1 N–H and O–H groups in total. The number of hydrogen-bond donors (Lipinski definition) is 1. The number of hydrogen-bond acceptors (Lipinski definition) is 6. The maximum Gasteiger partial charge on any atom is 0.257 e. The van der Waals surface area contributed by atoms with Crippen LogP contribution >= 0.6 is 0 Å². The van der Waals surface area contributed by atoms with Gasteiger partial charge >= 0.3 is 0 Å². The van der Waals surface area contributed by atoms with Crippen molar-refractivity contribution in [1.29, 1.82) is 0 Å². The standard InChI is InChI=1S/C14H22N6O/c1-10-11(2)17-21-14(10)20-13(16-18-19-20)9-15-8-12-6-4-3-5-7-12/h12,15H,3-9H2,1-2H3. The Morgan fingerprint density at radius 2 is 2.05 bits per heavy atom. The summed E-state index contributed by atoms with van der Waals surface area (Å²) in [5.41, 5.74) is 1.83. The summed E-state index contributed by atoms with van der Waals surface area (Å²) < 4.78 is 6.95. The minimum absolute atomic E-state index is 0.604. The quantitative estimate of drug-likeness (QED) is 0.906. The molecule has 2 aromatic heterocycles. The lowest BCUT2D eigenvalue weighted by atomic mass is 9.89. The van der Waals surface area contributed by atoms with Crippen LogP contribution in [0.5, 0.6) is 0 Å². The molecule has 0 saturated heterocycles. The molecule has 7 nitrogen and oxygen atoms in total. The van der Waals surface area contributed by atoms with Crippen molar-refractivity contribution in [1.82, 2.24) is 30.7 Å². The summed E-state index contributed by atoms with van der Waals surface area (Å²) >= 11 is 0. The van der Waals surface area contributed by atoms with Crippen LogP contribution in [0.2, 0.25) is 0 Å². The normalized spacial score (nSPS) is 16.5. The largest absolute Gasteiger partial charge is 0.336 e. The summed E-state index contributed by atoms with van der Waals surface area (Å²) in [5, 5.41) is 19.3. The number of tetrazole rings is 1. The Labute approximate surface area is 124 Å². The first-order chi connectivity index (χ1) is 10.3. The summed E-state index contributed by atoms with van der Waals surface area (Å²) in [5.74, 6) is 2.15. The summed E-state index contributed by atoms with van der Waals surface area (Å²) in [6.45, 7) is 5.54. The first kappa shape index (κ1) is 14.2. The van der Waals surface area contributed by atoms with Gasteiger partial charge in [-0.3, -0.25) is 0 Å². The fourth-order valence-electron chi connectivity index (χ4n) is 2.85. The van der Waals surface area contributed by atoms with Crippen molar-refractivity contribution >= 4 is 0 Å². The Hall–Kier alpha value is -1.76. The van der Waals surface area contributed by atoms with Crippen molar-refractivity contribution in [3.8, 4) is 5.88 Å². The molecule has 0 aromatic carbocycles. The maximum absolute atomic E-state index is 5.32. The zero-order chi connectivity index (χ0) is 14.7. The highest BCUT2D eigenvalue weighted by atomic mass is 16.5. The molecule has 0 unspecified atom stereocenters. The summed E-state index contributed by atoms with van der Waals surface area (Å²) in [6, 6.07) is 0. The summed E-state index contributed by atoms with van der Waals surface area (Å²) in [6.07, 6.45) is 6.77. The smallest absolute Gasteiger partial charge is 0.257 e. The molecule has 0 spiro atoms. The van der Waals surface area contributed by atoms with E-state index in [0.717, 1.165) is 29.5 Å². The molecular weight excluding hydrogens is 268 g/mol. The van der Waals surface area contributed by atoms with Crippen molar-refractivity contribution in [2.24, 2.45) is 5.92 Å². The lowest BCUT2D eigenvalue weighted by Crippen LogP contribution is -2.25. The molecule has 0 bridgehead atoms. The molecule has 2 heterocycles. The first-order valence-electron chi connectivity index (χ1n) is 7.67. The highest BCUT2D eigenvalue weighted by molar-refractivity contribution is 5.31. The van der Waals surface area contributed by atoms with Gasteiger partial charge in [-0.25, -0.2) is 0 Å². The van der Waals surface area contributed by atoms with E-state index < -0.39 is 0 Å². The van der Waals surface area contributed by atoms with E-state index >= 15 is 0 Å². The Bertz CT molecular complexity index is 584. The molecule has 1 saturated carbocycles. The first-order valence-corrected chi connectivity index (χ1v) is 7.67. The average Bonchev–Trinajstić information content (AvgIpc) is 3.08. The van der Waals surface area contributed by atoms with Crippen LogP contribution in [0.3, 0.4) is 0 Å². The van der Waals surface area contributed by atoms with Gasteiger partial charge < -0.3 is 9.84 Å². The third-order valence-electron chi connectivity index (χ3n) is 4.30. The molecule has 0 aliphatic heterocycles. The van der Waals surface area contributed by atoms with E-state index in [4.69, 9.17) is 4.52 Å². The van der Waals surface area contributed by atoms with Gasteiger partial charge in [-0.05, 0) is 49.6 Å². The predicted octanol–water partition coefficient (Wildman–Crippen LogP) is 1.94. The van der Waals surface area contributed by atoms with Gasteiger partial charge in [0.1, 0.15) is 0 Å². The average molecular weight is 290 g/mol. The lowest BCUT2D eigenvalue weighted by Gasteiger charge is -2.21. The number of nitrogens with zero attached hydrogens (tertiary/aromatic N) is 5. The van der Waals surface area contributed by atoms with Crippen LogP contribution in [0.4, 0.5) is 0 Å². The molecule has 7 heteroatoms. The Morgan fingerprint density at radius 1 is 1.24 bits per heavy atom. The second-order valence-electron chi connectivity index (χ2n) is 5.84. The zero-order valence-electron chi connectivity index (χ0n) is 12.7. The fraction of sp³-hybridized carbons (Fsp3) is 0.714. The number of aromatic nitrogens is 5. The highest BCUT2D eigenvalue weighted by Crippen LogP contribution is 2.23. The molecule has 0 radical (unpaired) electrons. The minimum Gasteiger partial charge on any atom is -0.336 e. The SMILES string of the molecule is Cc1noc(-n2nnnc2CNCC2CCCCC2)c1C. The molecule has 114 valence electrons. The van der Waals surface area contributed by atoms with Crippen molar-refractivity contribution in [2.75, 3.05) is 6.54 Å². The molecule has 1 aliphatic carbocycles. The molecule has 0 amide bonds. The van der Waals surface area contributed by atoms with Crippen LogP contribution < -0.4 is 5.32 Å². The Kier molecular flexibility index (Phi) is 4.28. The molecule has 3 rings (SSSR count). The fourth-order valence-corrected chi connectivity index (χ4v) is 2.85. The highest BCUT2D eigenvalue weighted by Gasteiger charge is 2.17. The van der Waals surface area contributed by atoms with Crippen LogP contribution in [-0.4, -0.2) is 31.9 Å². The summed E-state index contributed by atoms with van der Waals surface area (Å²) in [4.78, 5) is 0. The molecule has 21 heavy (non-hydrogen) atoms. The molecule has 1 aliphatic rings. The van der Waals surface area contributed by atoms with Crippen LogP contribution in [0.15, 0.2) is 4.52 Å². The monoisotopic (exact) mass is 290 g/mol. The maximum atomic E-state index is 5.32. The van der Waals surface area contributed by atoms with E-state index in [9.17, 15) is 0 Å². The zero-order valence-corrected chi connectivity index (χ0v) is 12.7. The van der Waals surface area contributed by atoms with Gasteiger partial charge in [-0.15, -0.1) is 5.10 Å². The van der Waals surface area contributed by atoms with E-state index in [1.54, 1.807) is 4.68 Å². The van der Waals surface area contributed by atoms with Crippen LogP contribution in [0.25, 0.3) is 5.88 Å². The second kappa shape index (κ2) is 6.34. The molecular formula is C14H22N6O. The third kappa shape index (κ3) is 3.12. The minimum atomic E-state index is 0.604. The van der Waals surface area contributed by atoms with Gasteiger partial charge in [0.25, 0.3) is 5.88 Å². The van der Waals surface area contributed by atoms with E-state index in [0.29, 0.717) is 12.4 Å². The van der Waals surface area contributed by atoms with Gasteiger partial charge in [0.15, 0.2) is 5.82 Å². The van der Waals surface area contributed by atoms with Crippen molar-refractivity contribution in [2.45, 2.75) is 52.5 Å². The van der Waals surface area contributed by atoms with E-state index in [1.165, 1.54) is 32.1 Å². The summed E-state index contributed by atoms with van der Waals surface area (Å²) in [7, 11) is 0. The number of rotatable bonds is 5. The molecule has 2 aromatic rings. The Balaban J connectivity index is 1.61. The van der Waals surface area contributed by atoms with Crippen LogP contribution in [0.1, 0.15) is 49.2 Å². The number of nitrogens with one attached hydrogen (secondary N) is 1. The van der Waals surface area contributed by atoms with E-state index in [-0.39, 0.29) is 0 Å². The van der Waals surface area contributed by atoms with E-state index in [2.05, 4.69) is 26.0 Å². The topological polar surface area (TPSA) is 81.7 Å². The van der Waals surface area contributed by atoms with Crippen LogP contribution in [0, 0.1) is 19.8 Å². The second-order valence-corrected chi connectivity index (χ2v) is 5.84. The molecule has 1 fully saturated rings. The number of aryl methyl sites for hydroxylation is 1.